The Morgan fingerprint density at radius 3 is 2.31 bits per heavy atom. The van der Waals surface area contributed by atoms with Gasteiger partial charge >= 0.3 is 5.97 Å². The zero-order chi connectivity index (χ0) is 23.5. The van der Waals surface area contributed by atoms with Gasteiger partial charge in [0.1, 0.15) is 11.8 Å². The van der Waals surface area contributed by atoms with Gasteiger partial charge in [0.25, 0.3) is 5.91 Å². The summed E-state index contributed by atoms with van der Waals surface area (Å²) in [5.74, 6) is -1.11. The van der Waals surface area contributed by atoms with Crippen LogP contribution in [0.5, 0.6) is 5.75 Å². The van der Waals surface area contributed by atoms with Gasteiger partial charge in [-0.3, -0.25) is 9.59 Å². The van der Waals surface area contributed by atoms with E-state index in [4.69, 9.17) is 14.7 Å². The Labute approximate surface area is 186 Å². The minimum absolute atomic E-state index is 0.0452. The molecule has 0 spiro atoms. The summed E-state index contributed by atoms with van der Waals surface area (Å²) < 4.78 is 10.0. The molecule has 166 valence electrons. The van der Waals surface area contributed by atoms with Crippen molar-refractivity contribution in [3.8, 4) is 11.8 Å². The van der Waals surface area contributed by atoms with E-state index in [2.05, 4.69) is 10.6 Å². The number of nitriles is 1. The highest BCUT2D eigenvalue weighted by atomic mass is 16.5. The maximum Gasteiger partial charge on any atom is 0.331 e. The molecule has 8 nitrogen and oxygen atoms in total. The minimum Gasteiger partial charge on any atom is -0.479 e. The number of nitrogens with one attached hydrogen (secondary N) is 2. The number of hydrogen-bond acceptors (Lipinski definition) is 6. The summed E-state index contributed by atoms with van der Waals surface area (Å²) in [6.45, 7) is 5.00. The van der Waals surface area contributed by atoms with E-state index in [0.29, 0.717) is 11.3 Å². The average molecular weight is 435 g/mol. The van der Waals surface area contributed by atoms with Crippen LogP contribution in [0, 0.1) is 32.1 Å². The van der Waals surface area contributed by atoms with Crippen LogP contribution in [0.15, 0.2) is 42.5 Å². The van der Waals surface area contributed by atoms with E-state index in [0.717, 1.165) is 22.4 Å². The van der Waals surface area contributed by atoms with Crippen LogP contribution in [0.25, 0.3) is 6.08 Å². The SMILES string of the molecule is Cc1cc(C)c(NC(=O)CNC(=O)COC(=O)/C=C/c2ccc(OCC#N)cc2)c(C)c1. The fourth-order valence-corrected chi connectivity index (χ4v) is 2.93. The van der Waals surface area contributed by atoms with E-state index in [1.165, 1.54) is 12.2 Å². The Kier molecular flexibility index (Phi) is 8.99. The quantitative estimate of drug-likeness (QED) is 0.462. The molecular formula is C24H25N3O5. The molecule has 0 bridgehead atoms. The molecule has 0 atom stereocenters. The van der Waals surface area contributed by atoms with Crippen molar-refractivity contribution < 1.29 is 23.9 Å². The first-order valence-electron chi connectivity index (χ1n) is 9.87. The largest absolute Gasteiger partial charge is 0.479 e. The molecule has 2 aromatic carbocycles. The van der Waals surface area contributed by atoms with Crippen LogP contribution in [0.1, 0.15) is 22.3 Å². The number of aryl methyl sites for hydroxylation is 3. The Morgan fingerprint density at radius 1 is 1.03 bits per heavy atom. The van der Waals surface area contributed by atoms with E-state index in [-0.39, 0.29) is 19.1 Å². The molecule has 32 heavy (non-hydrogen) atoms. The van der Waals surface area contributed by atoms with Gasteiger partial charge in [-0.2, -0.15) is 5.26 Å². The molecular weight excluding hydrogens is 410 g/mol. The summed E-state index contributed by atoms with van der Waals surface area (Å²) in [6.07, 6.45) is 2.71. The molecule has 0 fully saturated rings. The molecule has 2 N–H and O–H groups in total. The second kappa shape index (κ2) is 11.9. The number of carbonyl (C=O) groups is 3. The smallest absolute Gasteiger partial charge is 0.331 e. The third-order valence-corrected chi connectivity index (χ3v) is 4.33. The number of benzene rings is 2. The molecule has 2 rings (SSSR count). The molecule has 0 heterocycles. The van der Waals surface area contributed by atoms with Crippen LogP contribution >= 0.6 is 0 Å². The van der Waals surface area contributed by atoms with E-state index in [1.807, 2.05) is 39.0 Å². The third kappa shape index (κ3) is 7.95. The lowest BCUT2D eigenvalue weighted by molar-refractivity contribution is -0.143. The summed E-state index contributed by atoms with van der Waals surface area (Å²) in [6, 6.07) is 12.5. The monoisotopic (exact) mass is 435 g/mol. The Balaban J connectivity index is 1.73. The van der Waals surface area contributed by atoms with Gasteiger partial charge in [-0.05, 0) is 55.7 Å². The molecule has 0 saturated heterocycles. The Morgan fingerprint density at radius 2 is 1.69 bits per heavy atom. The maximum atomic E-state index is 12.1. The summed E-state index contributed by atoms with van der Waals surface area (Å²) in [4.78, 5) is 35.7. The van der Waals surface area contributed by atoms with Crippen molar-refractivity contribution in [3.05, 3.63) is 64.7 Å². The predicted molar refractivity (Wildman–Crippen MR) is 120 cm³/mol. The van der Waals surface area contributed by atoms with Crippen LogP contribution in [-0.2, 0) is 19.1 Å². The predicted octanol–water partition coefficient (Wildman–Crippen LogP) is 2.83. The van der Waals surface area contributed by atoms with Crippen molar-refractivity contribution in [3.63, 3.8) is 0 Å². The molecule has 0 unspecified atom stereocenters. The fraction of sp³-hybridized carbons (Fsp3) is 0.250. The molecule has 0 saturated carbocycles. The molecule has 8 heteroatoms. The van der Waals surface area contributed by atoms with Crippen LogP contribution in [0.2, 0.25) is 0 Å². The number of amides is 2. The Hall–Kier alpha value is -4.12. The molecule has 0 aliphatic rings. The molecule has 2 amide bonds. The standard InChI is InChI=1S/C24H25N3O5/c1-16-12-17(2)24(18(3)13-16)27-21(28)14-26-22(29)15-32-23(30)9-6-19-4-7-20(8-5-19)31-11-10-25/h4-9,12-13H,11,14-15H2,1-3H3,(H,26,29)(H,27,28)/b9-6+. The maximum absolute atomic E-state index is 12.1. The third-order valence-electron chi connectivity index (χ3n) is 4.33. The van der Waals surface area contributed by atoms with Crippen molar-refractivity contribution in [2.75, 3.05) is 25.1 Å². The number of rotatable bonds is 9. The summed E-state index contributed by atoms with van der Waals surface area (Å²) in [5.41, 5.74) is 4.41. The van der Waals surface area contributed by atoms with E-state index >= 15 is 0 Å². The first-order valence-corrected chi connectivity index (χ1v) is 9.87. The average Bonchev–Trinajstić information content (AvgIpc) is 2.76. The lowest BCUT2D eigenvalue weighted by atomic mass is 10.1. The van der Waals surface area contributed by atoms with Crippen LogP contribution in [-0.4, -0.2) is 37.5 Å². The van der Waals surface area contributed by atoms with Crippen LogP contribution in [0.3, 0.4) is 0 Å². The number of nitrogens with zero attached hydrogens (tertiary/aromatic N) is 1. The fourth-order valence-electron chi connectivity index (χ4n) is 2.93. The summed E-state index contributed by atoms with van der Waals surface area (Å²) in [7, 11) is 0. The first kappa shape index (κ1) is 24.2. The number of anilines is 1. The minimum atomic E-state index is -0.694. The molecule has 2 aromatic rings. The highest BCUT2D eigenvalue weighted by Crippen LogP contribution is 2.21. The molecule has 0 radical (unpaired) electrons. The second-order valence-corrected chi connectivity index (χ2v) is 7.06. The van der Waals surface area contributed by atoms with E-state index < -0.39 is 18.5 Å². The van der Waals surface area contributed by atoms with E-state index in [9.17, 15) is 14.4 Å². The van der Waals surface area contributed by atoms with Gasteiger partial charge in [0.05, 0.1) is 6.54 Å². The van der Waals surface area contributed by atoms with Gasteiger partial charge in [-0.15, -0.1) is 0 Å². The normalized spacial score (nSPS) is 10.3. The highest BCUT2D eigenvalue weighted by molar-refractivity contribution is 5.96. The highest BCUT2D eigenvalue weighted by Gasteiger charge is 2.11. The van der Waals surface area contributed by atoms with Crippen molar-refractivity contribution in [2.45, 2.75) is 20.8 Å². The zero-order valence-electron chi connectivity index (χ0n) is 18.2. The van der Waals surface area contributed by atoms with Gasteiger partial charge in [0.2, 0.25) is 5.91 Å². The number of esters is 1. The van der Waals surface area contributed by atoms with Crippen molar-refractivity contribution in [2.24, 2.45) is 0 Å². The van der Waals surface area contributed by atoms with Crippen molar-refractivity contribution in [1.82, 2.24) is 5.32 Å². The molecule has 0 aliphatic carbocycles. The second-order valence-electron chi connectivity index (χ2n) is 7.06. The molecule has 0 aromatic heterocycles. The Bertz CT molecular complexity index is 1030. The number of ether oxygens (including phenoxy) is 2. The first-order chi connectivity index (χ1) is 15.3. The summed E-state index contributed by atoms with van der Waals surface area (Å²) >= 11 is 0. The van der Waals surface area contributed by atoms with Gasteiger partial charge in [0.15, 0.2) is 13.2 Å². The molecule has 0 aliphatic heterocycles. The lowest BCUT2D eigenvalue weighted by Gasteiger charge is -2.13. The zero-order valence-corrected chi connectivity index (χ0v) is 18.2. The number of carbonyl (C=O) groups excluding carboxylic acids is 3. The van der Waals surface area contributed by atoms with Crippen LogP contribution < -0.4 is 15.4 Å². The van der Waals surface area contributed by atoms with Gasteiger partial charge in [-0.1, -0.05) is 29.8 Å². The number of hydrogen-bond donors (Lipinski definition) is 2. The van der Waals surface area contributed by atoms with Gasteiger partial charge in [0, 0.05) is 11.8 Å². The topological polar surface area (TPSA) is 118 Å². The lowest BCUT2D eigenvalue weighted by Crippen LogP contribution is -2.35. The van der Waals surface area contributed by atoms with Crippen molar-refractivity contribution >= 4 is 29.5 Å². The van der Waals surface area contributed by atoms with Crippen molar-refractivity contribution in [1.29, 1.82) is 5.26 Å². The van der Waals surface area contributed by atoms with Gasteiger partial charge in [-0.25, -0.2) is 4.79 Å². The van der Waals surface area contributed by atoms with E-state index in [1.54, 1.807) is 24.3 Å². The van der Waals surface area contributed by atoms with Gasteiger partial charge < -0.3 is 20.1 Å². The van der Waals surface area contributed by atoms with Crippen LogP contribution in [0.4, 0.5) is 5.69 Å². The summed E-state index contributed by atoms with van der Waals surface area (Å²) in [5, 5.41) is 13.7.